The number of nitrogens with zero attached hydrogens (tertiary/aromatic N) is 2. The summed E-state index contributed by atoms with van der Waals surface area (Å²) in [7, 11) is 0. The Morgan fingerprint density at radius 2 is 2.17 bits per heavy atom. The van der Waals surface area contributed by atoms with Gasteiger partial charge >= 0.3 is 0 Å². The van der Waals surface area contributed by atoms with Crippen LogP contribution in [0.15, 0.2) is 12.3 Å². The monoisotopic (exact) mass is 269 g/mol. The Labute approximate surface area is 112 Å². The van der Waals surface area contributed by atoms with Crippen LogP contribution in [-0.2, 0) is 6.54 Å². The first-order valence-corrected chi connectivity index (χ1v) is 7.53. The van der Waals surface area contributed by atoms with Crippen molar-refractivity contribution in [3.63, 3.8) is 0 Å². The zero-order chi connectivity index (χ0) is 13.0. The van der Waals surface area contributed by atoms with Gasteiger partial charge in [-0.05, 0) is 6.07 Å². The number of hydrogen-bond acceptors (Lipinski definition) is 4. The van der Waals surface area contributed by atoms with E-state index in [-0.39, 0.29) is 5.82 Å². The number of thioether (sulfide) groups is 1. The molecular weight excluding hydrogens is 249 g/mol. The molecule has 1 aromatic heterocycles. The Balaban J connectivity index is 2.16. The highest BCUT2D eigenvalue weighted by Gasteiger charge is 2.16. The first-order chi connectivity index (χ1) is 8.66. The number of halogens is 1. The Morgan fingerprint density at radius 3 is 2.83 bits per heavy atom. The average Bonchev–Trinajstić information content (AvgIpc) is 2.37. The van der Waals surface area contributed by atoms with Crippen LogP contribution >= 0.6 is 11.8 Å². The van der Waals surface area contributed by atoms with Crippen LogP contribution < -0.4 is 10.2 Å². The summed E-state index contributed by atoms with van der Waals surface area (Å²) in [6, 6.07) is 1.98. The summed E-state index contributed by atoms with van der Waals surface area (Å²) in [5.74, 6) is 2.92. The summed E-state index contributed by atoms with van der Waals surface area (Å²) in [4.78, 5) is 6.54. The van der Waals surface area contributed by atoms with Crippen LogP contribution in [0.2, 0.25) is 0 Å². The summed E-state index contributed by atoms with van der Waals surface area (Å²) in [5, 5.41) is 3.33. The summed E-state index contributed by atoms with van der Waals surface area (Å²) < 4.78 is 13.3. The van der Waals surface area contributed by atoms with Crippen molar-refractivity contribution >= 4 is 17.6 Å². The van der Waals surface area contributed by atoms with Gasteiger partial charge in [-0.2, -0.15) is 11.8 Å². The summed E-state index contributed by atoms with van der Waals surface area (Å²) in [5.41, 5.74) is 0.954. The molecule has 0 amide bonds. The molecule has 18 heavy (non-hydrogen) atoms. The second kappa shape index (κ2) is 6.38. The minimum atomic E-state index is -0.259. The SMILES string of the molecule is CC(C)NCc1cc(F)cnc1N1CCSCC1. The van der Waals surface area contributed by atoms with Crippen molar-refractivity contribution in [1.82, 2.24) is 10.3 Å². The van der Waals surface area contributed by atoms with Gasteiger partial charge in [-0.1, -0.05) is 13.8 Å². The van der Waals surface area contributed by atoms with Gasteiger partial charge in [0.1, 0.15) is 11.6 Å². The molecule has 0 atom stereocenters. The summed E-state index contributed by atoms with van der Waals surface area (Å²) >= 11 is 1.96. The normalized spacial score (nSPS) is 16.3. The number of aromatic nitrogens is 1. The topological polar surface area (TPSA) is 28.2 Å². The van der Waals surface area contributed by atoms with E-state index in [0.717, 1.165) is 36.0 Å². The quantitative estimate of drug-likeness (QED) is 0.907. The van der Waals surface area contributed by atoms with E-state index in [1.54, 1.807) is 6.07 Å². The average molecular weight is 269 g/mol. The minimum Gasteiger partial charge on any atom is -0.355 e. The molecule has 2 heterocycles. The van der Waals surface area contributed by atoms with Crippen LogP contribution in [0.3, 0.4) is 0 Å². The van der Waals surface area contributed by atoms with Crippen molar-refractivity contribution in [3.8, 4) is 0 Å². The van der Waals surface area contributed by atoms with E-state index >= 15 is 0 Å². The van der Waals surface area contributed by atoms with Crippen molar-refractivity contribution in [2.45, 2.75) is 26.4 Å². The molecule has 0 aliphatic carbocycles. The molecular formula is C13H20FN3S. The third-order valence-corrected chi connectivity index (χ3v) is 3.86. The molecule has 1 N–H and O–H groups in total. The first kappa shape index (κ1) is 13.6. The van der Waals surface area contributed by atoms with Crippen LogP contribution in [0.5, 0.6) is 0 Å². The highest BCUT2D eigenvalue weighted by molar-refractivity contribution is 7.99. The zero-order valence-electron chi connectivity index (χ0n) is 10.9. The molecule has 1 aliphatic heterocycles. The van der Waals surface area contributed by atoms with Crippen molar-refractivity contribution in [3.05, 3.63) is 23.6 Å². The maximum absolute atomic E-state index is 13.3. The molecule has 1 saturated heterocycles. The van der Waals surface area contributed by atoms with Crippen molar-refractivity contribution in [2.24, 2.45) is 0 Å². The van der Waals surface area contributed by atoms with Gasteiger partial charge in [0.2, 0.25) is 0 Å². The van der Waals surface area contributed by atoms with E-state index < -0.39 is 0 Å². The van der Waals surface area contributed by atoms with Gasteiger partial charge in [-0.3, -0.25) is 0 Å². The molecule has 0 spiro atoms. The highest BCUT2D eigenvalue weighted by Crippen LogP contribution is 2.22. The maximum atomic E-state index is 13.3. The molecule has 100 valence electrons. The fraction of sp³-hybridized carbons (Fsp3) is 0.615. The molecule has 1 fully saturated rings. The molecule has 0 bridgehead atoms. The number of pyridine rings is 1. The van der Waals surface area contributed by atoms with Gasteiger partial charge in [-0.25, -0.2) is 9.37 Å². The molecule has 0 aromatic carbocycles. The second-order valence-corrected chi connectivity index (χ2v) is 6.00. The van der Waals surface area contributed by atoms with Crippen molar-refractivity contribution in [1.29, 1.82) is 0 Å². The maximum Gasteiger partial charge on any atom is 0.141 e. The van der Waals surface area contributed by atoms with Gasteiger partial charge in [0.15, 0.2) is 0 Å². The standard InChI is InChI=1S/C13H20FN3S/c1-10(2)15-8-11-7-12(14)9-16-13(11)17-3-5-18-6-4-17/h7,9-10,15H,3-6,8H2,1-2H3. The fourth-order valence-electron chi connectivity index (χ4n) is 1.98. The summed E-state index contributed by atoms with van der Waals surface area (Å²) in [6.45, 7) is 6.84. The molecule has 2 rings (SSSR count). The largest absolute Gasteiger partial charge is 0.355 e. The van der Waals surface area contributed by atoms with E-state index in [1.165, 1.54) is 6.20 Å². The van der Waals surface area contributed by atoms with Gasteiger partial charge in [-0.15, -0.1) is 0 Å². The molecule has 0 saturated carbocycles. The van der Waals surface area contributed by atoms with Crippen molar-refractivity contribution in [2.75, 3.05) is 29.5 Å². The first-order valence-electron chi connectivity index (χ1n) is 6.37. The van der Waals surface area contributed by atoms with E-state index in [4.69, 9.17) is 0 Å². The van der Waals surface area contributed by atoms with Crippen LogP contribution in [0, 0.1) is 5.82 Å². The lowest BCUT2D eigenvalue weighted by atomic mass is 10.2. The third-order valence-electron chi connectivity index (χ3n) is 2.92. The van der Waals surface area contributed by atoms with Gasteiger partial charge < -0.3 is 10.2 Å². The third kappa shape index (κ3) is 3.59. The van der Waals surface area contributed by atoms with Crippen LogP contribution in [0.4, 0.5) is 10.2 Å². The number of anilines is 1. The lowest BCUT2D eigenvalue weighted by Gasteiger charge is -2.29. The molecule has 3 nitrogen and oxygen atoms in total. The molecule has 0 unspecified atom stereocenters. The summed E-state index contributed by atoms with van der Waals surface area (Å²) in [6.07, 6.45) is 1.32. The lowest BCUT2D eigenvalue weighted by molar-refractivity contribution is 0.576. The van der Waals surface area contributed by atoms with Gasteiger partial charge in [0.25, 0.3) is 0 Å². The van der Waals surface area contributed by atoms with Gasteiger partial charge in [0.05, 0.1) is 6.20 Å². The molecule has 1 aliphatic rings. The molecule has 5 heteroatoms. The second-order valence-electron chi connectivity index (χ2n) is 4.77. The minimum absolute atomic E-state index is 0.259. The Hall–Kier alpha value is -0.810. The predicted octanol–water partition coefficient (Wildman–Crippen LogP) is 2.27. The predicted molar refractivity (Wildman–Crippen MR) is 75.7 cm³/mol. The fourth-order valence-corrected chi connectivity index (χ4v) is 2.88. The Kier molecular flexibility index (Phi) is 4.83. The lowest BCUT2D eigenvalue weighted by Crippen LogP contribution is -2.34. The van der Waals surface area contributed by atoms with Crippen LogP contribution in [0.1, 0.15) is 19.4 Å². The Morgan fingerprint density at radius 1 is 1.44 bits per heavy atom. The zero-order valence-corrected chi connectivity index (χ0v) is 11.8. The highest BCUT2D eigenvalue weighted by atomic mass is 32.2. The number of nitrogens with one attached hydrogen (secondary N) is 1. The van der Waals surface area contributed by atoms with E-state index in [2.05, 4.69) is 29.0 Å². The van der Waals surface area contributed by atoms with Crippen molar-refractivity contribution < 1.29 is 4.39 Å². The molecule has 0 radical (unpaired) electrons. The van der Waals surface area contributed by atoms with Gasteiger partial charge in [0, 0.05) is 42.7 Å². The number of hydrogen-bond donors (Lipinski definition) is 1. The smallest absolute Gasteiger partial charge is 0.141 e. The van der Waals surface area contributed by atoms with Crippen LogP contribution in [0.25, 0.3) is 0 Å². The molecule has 1 aromatic rings. The van der Waals surface area contributed by atoms with E-state index in [1.807, 2.05) is 11.8 Å². The number of rotatable bonds is 4. The van der Waals surface area contributed by atoms with E-state index in [0.29, 0.717) is 12.6 Å². The van der Waals surface area contributed by atoms with Crippen LogP contribution in [-0.4, -0.2) is 35.6 Å². The Bertz CT molecular complexity index is 392. The van der Waals surface area contributed by atoms with E-state index in [9.17, 15) is 4.39 Å².